The first-order valence-corrected chi connectivity index (χ1v) is 8.67. The molecule has 1 aromatic carbocycles. The number of hydrogen-bond acceptors (Lipinski definition) is 2. The zero-order chi connectivity index (χ0) is 13.4. The number of aliphatic hydroxyl groups is 2. The van der Waals surface area contributed by atoms with Crippen molar-refractivity contribution in [1.82, 2.24) is 0 Å². The minimum atomic E-state index is -0.790. The van der Waals surface area contributed by atoms with Crippen LogP contribution in [0.1, 0.15) is 12.0 Å². The summed E-state index contributed by atoms with van der Waals surface area (Å²) >= 11 is 3.81. The van der Waals surface area contributed by atoms with E-state index in [9.17, 15) is 10.2 Å². The van der Waals surface area contributed by atoms with E-state index in [0.29, 0.717) is 29.6 Å². The van der Waals surface area contributed by atoms with Gasteiger partial charge >= 0.3 is 0 Å². The van der Waals surface area contributed by atoms with Crippen LogP contribution in [-0.4, -0.2) is 20.6 Å². The third kappa shape index (κ3) is 0.768. The molecule has 0 saturated heterocycles. The standard InChI is InChI=1S/C17H17BrO2/c18-15-11-9-6-8-10(11)14-16(19,7-4-2-1-3-5-7)12(8)13(9)17(14,15)20/h1-5,8-15,19-20H,6H2/t8-,9-,10+,11-,12-,13-,14+,15-,16+,17+/m0/s1. The second kappa shape index (κ2) is 2.90. The second-order valence-electron chi connectivity index (χ2n) is 7.73. The third-order valence-corrected chi connectivity index (χ3v) is 9.05. The minimum absolute atomic E-state index is 0.0468. The Morgan fingerprint density at radius 3 is 2.40 bits per heavy atom. The van der Waals surface area contributed by atoms with Gasteiger partial charge in [-0.3, -0.25) is 0 Å². The number of hydrogen-bond donors (Lipinski definition) is 2. The molecule has 2 N–H and O–H groups in total. The van der Waals surface area contributed by atoms with Gasteiger partial charge in [-0.15, -0.1) is 0 Å². The number of rotatable bonds is 1. The fourth-order valence-corrected chi connectivity index (χ4v) is 9.06. The molecule has 6 fully saturated rings. The highest BCUT2D eigenvalue weighted by atomic mass is 79.9. The smallest absolute Gasteiger partial charge is 0.0989 e. The van der Waals surface area contributed by atoms with Gasteiger partial charge in [-0.1, -0.05) is 46.3 Å². The molecule has 0 radical (unpaired) electrons. The average molecular weight is 333 g/mol. The molecule has 0 spiro atoms. The van der Waals surface area contributed by atoms with E-state index in [0.717, 1.165) is 5.56 Å². The Balaban J connectivity index is 1.65. The Hall–Kier alpha value is -0.380. The largest absolute Gasteiger partial charge is 0.388 e. The molecule has 6 aliphatic carbocycles. The summed E-state index contributed by atoms with van der Waals surface area (Å²) in [4.78, 5) is 0.202. The molecule has 0 unspecified atom stereocenters. The van der Waals surface area contributed by atoms with Crippen molar-refractivity contribution in [3.8, 4) is 0 Å². The van der Waals surface area contributed by atoms with Gasteiger partial charge in [0.15, 0.2) is 0 Å². The van der Waals surface area contributed by atoms with Crippen molar-refractivity contribution in [2.75, 3.05) is 0 Å². The van der Waals surface area contributed by atoms with Crippen LogP contribution in [-0.2, 0) is 5.60 Å². The Kier molecular flexibility index (Phi) is 1.63. The first kappa shape index (κ1) is 11.2. The monoisotopic (exact) mass is 332 g/mol. The minimum Gasteiger partial charge on any atom is -0.388 e. The fraction of sp³-hybridized carbons (Fsp3) is 0.647. The first-order chi connectivity index (χ1) is 9.61. The molecule has 10 atom stereocenters. The molecule has 0 amide bonds. The van der Waals surface area contributed by atoms with E-state index >= 15 is 0 Å². The van der Waals surface area contributed by atoms with E-state index < -0.39 is 11.2 Å². The van der Waals surface area contributed by atoms with Gasteiger partial charge in [0, 0.05) is 16.7 Å². The van der Waals surface area contributed by atoms with Crippen LogP contribution in [0.5, 0.6) is 0 Å². The van der Waals surface area contributed by atoms with Gasteiger partial charge in [-0.05, 0) is 41.6 Å². The van der Waals surface area contributed by atoms with E-state index in [-0.39, 0.29) is 16.7 Å². The summed E-state index contributed by atoms with van der Waals surface area (Å²) in [5, 5.41) is 23.0. The number of halogens is 1. The van der Waals surface area contributed by atoms with Gasteiger partial charge in [0.1, 0.15) is 0 Å². The molecule has 1 aromatic rings. The van der Waals surface area contributed by atoms with Gasteiger partial charge in [0.2, 0.25) is 0 Å². The van der Waals surface area contributed by atoms with E-state index in [1.807, 2.05) is 18.2 Å². The van der Waals surface area contributed by atoms with Crippen LogP contribution in [0, 0.1) is 41.4 Å². The zero-order valence-electron chi connectivity index (χ0n) is 11.0. The van der Waals surface area contributed by atoms with E-state index in [2.05, 4.69) is 28.1 Å². The van der Waals surface area contributed by atoms with Crippen molar-refractivity contribution in [3.63, 3.8) is 0 Å². The van der Waals surface area contributed by atoms with Crippen LogP contribution in [0.25, 0.3) is 0 Å². The van der Waals surface area contributed by atoms with Gasteiger partial charge in [-0.25, -0.2) is 0 Å². The third-order valence-electron chi connectivity index (χ3n) is 7.70. The molecule has 6 aliphatic rings. The molecule has 0 aliphatic heterocycles. The summed E-state index contributed by atoms with van der Waals surface area (Å²) in [5.74, 6) is 3.09. The summed E-state index contributed by atoms with van der Waals surface area (Å²) < 4.78 is 0. The lowest BCUT2D eigenvalue weighted by Gasteiger charge is -2.38. The van der Waals surface area contributed by atoms with Gasteiger partial charge < -0.3 is 10.2 Å². The SMILES string of the molecule is O[C@]1(c2ccccc2)[C@H]2[C@H]3C[C@H]4[C@H]5[C@@H]3[C@H]1[C@](O)([C@@H]42)[C@H]5Br. The summed E-state index contributed by atoms with van der Waals surface area (Å²) in [7, 11) is 0. The molecule has 7 rings (SSSR count). The lowest BCUT2D eigenvalue weighted by atomic mass is 9.69. The van der Waals surface area contributed by atoms with Crippen LogP contribution in [0.3, 0.4) is 0 Å². The maximum absolute atomic E-state index is 11.6. The highest BCUT2D eigenvalue weighted by molar-refractivity contribution is 9.09. The molecule has 0 aromatic heterocycles. The molecule has 0 heterocycles. The second-order valence-corrected chi connectivity index (χ2v) is 8.71. The summed E-state index contributed by atoms with van der Waals surface area (Å²) in [6.45, 7) is 0. The van der Waals surface area contributed by atoms with Crippen LogP contribution in [0.4, 0.5) is 0 Å². The quantitative estimate of drug-likeness (QED) is 0.773. The fourth-order valence-electron chi connectivity index (χ4n) is 7.73. The Morgan fingerprint density at radius 2 is 1.70 bits per heavy atom. The van der Waals surface area contributed by atoms with Gasteiger partial charge in [0.25, 0.3) is 0 Å². The van der Waals surface area contributed by atoms with Crippen molar-refractivity contribution >= 4 is 15.9 Å². The summed E-state index contributed by atoms with van der Waals surface area (Å²) in [6.07, 6.45) is 1.24. The number of alkyl halides is 1. The van der Waals surface area contributed by atoms with E-state index in [4.69, 9.17) is 0 Å². The molecular weight excluding hydrogens is 316 g/mol. The molecule has 3 heteroatoms. The molecule has 104 valence electrons. The van der Waals surface area contributed by atoms with Crippen molar-refractivity contribution in [2.45, 2.75) is 22.5 Å². The normalized spacial score (nSPS) is 67.0. The molecule has 20 heavy (non-hydrogen) atoms. The Morgan fingerprint density at radius 1 is 1.00 bits per heavy atom. The van der Waals surface area contributed by atoms with Crippen LogP contribution < -0.4 is 0 Å². The first-order valence-electron chi connectivity index (χ1n) is 7.75. The van der Waals surface area contributed by atoms with Crippen LogP contribution in [0.2, 0.25) is 0 Å². The maximum atomic E-state index is 11.6. The lowest BCUT2D eigenvalue weighted by Crippen LogP contribution is -2.47. The topological polar surface area (TPSA) is 40.5 Å². The maximum Gasteiger partial charge on any atom is 0.0989 e. The highest BCUT2D eigenvalue weighted by Gasteiger charge is 2.92. The Bertz CT molecular complexity index is 631. The van der Waals surface area contributed by atoms with E-state index in [1.165, 1.54) is 6.42 Å². The predicted octanol–water partition coefficient (Wildman–Crippen LogP) is 2.14. The summed E-state index contributed by atoms with van der Waals surface area (Å²) in [5.41, 5.74) is -0.420. The van der Waals surface area contributed by atoms with Crippen LogP contribution >= 0.6 is 15.9 Å². The molecule has 2 nitrogen and oxygen atoms in total. The predicted molar refractivity (Wildman–Crippen MR) is 77.1 cm³/mol. The number of benzene rings is 1. The average Bonchev–Trinajstić information content (AvgIpc) is 3.16. The molecule has 6 bridgehead atoms. The van der Waals surface area contributed by atoms with Crippen molar-refractivity contribution in [3.05, 3.63) is 35.9 Å². The highest BCUT2D eigenvalue weighted by Crippen LogP contribution is 2.88. The lowest BCUT2D eigenvalue weighted by molar-refractivity contribution is -0.0777. The van der Waals surface area contributed by atoms with Crippen molar-refractivity contribution in [1.29, 1.82) is 0 Å². The van der Waals surface area contributed by atoms with Crippen molar-refractivity contribution in [2.24, 2.45) is 41.4 Å². The van der Waals surface area contributed by atoms with Gasteiger partial charge in [-0.2, -0.15) is 0 Å². The summed E-state index contributed by atoms with van der Waals surface area (Å²) in [6, 6.07) is 10.1. The van der Waals surface area contributed by atoms with E-state index in [1.54, 1.807) is 0 Å². The van der Waals surface area contributed by atoms with Gasteiger partial charge in [0.05, 0.1) is 11.2 Å². The molecular formula is C17H17BrO2. The van der Waals surface area contributed by atoms with Crippen LogP contribution in [0.15, 0.2) is 30.3 Å². The van der Waals surface area contributed by atoms with Crippen molar-refractivity contribution < 1.29 is 10.2 Å². The Labute approximate surface area is 126 Å². The zero-order valence-corrected chi connectivity index (χ0v) is 12.6. The molecule has 6 saturated carbocycles.